The van der Waals surface area contributed by atoms with Gasteiger partial charge in [0.2, 0.25) is 0 Å². The summed E-state index contributed by atoms with van der Waals surface area (Å²) in [7, 11) is 2.76. The molecule has 0 saturated carbocycles. The van der Waals surface area contributed by atoms with E-state index in [9.17, 15) is 14.7 Å². The number of nitrogens with one attached hydrogen (secondary N) is 1. The van der Waals surface area contributed by atoms with E-state index in [0.717, 1.165) is 0 Å². The van der Waals surface area contributed by atoms with Crippen molar-refractivity contribution in [2.24, 2.45) is 0 Å². The molecule has 0 heterocycles. The number of aliphatic carboxylic acids is 1. The van der Waals surface area contributed by atoms with E-state index in [-0.39, 0.29) is 22.1 Å². The molecule has 0 radical (unpaired) electrons. The normalized spacial score (nSPS) is 12.3. The van der Waals surface area contributed by atoms with Crippen LogP contribution < -0.4 is 14.8 Å². The zero-order valence-corrected chi connectivity index (χ0v) is 14.4. The van der Waals surface area contributed by atoms with Crippen molar-refractivity contribution in [1.82, 2.24) is 5.32 Å². The minimum absolute atomic E-state index is 0.148. The maximum absolute atomic E-state index is 11.9. The molecule has 8 heteroatoms. The SMILES string of the molecule is COc1cc(Cl)cc([C@H](NC(=O)OC(C)(C)C)C(=O)O)c1OC. The number of hydrogen-bond donors (Lipinski definition) is 2. The Balaban J connectivity index is 3.23. The molecule has 128 valence electrons. The summed E-state index contributed by atoms with van der Waals surface area (Å²) >= 11 is 5.98. The Kier molecular flexibility index (Phi) is 6.09. The van der Waals surface area contributed by atoms with Gasteiger partial charge in [0.05, 0.1) is 14.2 Å². The van der Waals surface area contributed by atoms with Gasteiger partial charge in [0, 0.05) is 16.7 Å². The van der Waals surface area contributed by atoms with Gasteiger partial charge in [-0.25, -0.2) is 9.59 Å². The van der Waals surface area contributed by atoms with E-state index in [2.05, 4.69) is 5.32 Å². The number of carboxylic acids is 1. The van der Waals surface area contributed by atoms with Crippen LogP contribution in [-0.4, -0.2) is 37.0 Å². The Bertz CT molecular complexity index is 596. The molecular formula is C15H20ClNO6. The maximum atomic E-state index is 11.9. The van der Waals surface area contributed by atoms with Crippen LogP contribution in [0.5, 0.6) is 11.5 Å². The molecule has 0 unspecified atom stereocenters. The van der Waals surface area contributed by atoms with E-state index in [1.807, 2.05) is 0 Å². The van der Waals surface area contributed by atoms with Crippen LogP contribution in [0.4, 0.5) is 4.79 Å². The fourth-order valence-electron chi connectivity index (χ4n) is 1.87. The Morgan fingerprint density at radius 1 is 1.22 bits per heavy atom. The highest BCUT2D eigenvalue weighted by Gasteiger charge is 2.29. The second-order valence-electron chi connectivity index (χ2n) is 5.65. The summed E-state index contributed by atoms with van der Waals surface area (Å²) in [5.41, 5.74) is -0.612. The molecule has 0 saturated heterocycles. The zero-order valence-electron chi connectivity index (χ0n) is 13.6. The molecule has 0 bridgehead atoms. The summed E-state index contributed by atoms with van der Waals surface area (Å²) in [5, 5.41) is 12.0. The summed E-state index contributed by atoms with van der Waals surface area (Å²) in [6, 6.07) is 1.46. The quantitative estimate of drug-likeness (QED) is 0.852. The van der Waals surface area contributed by atoms with Crippen LogP contribution in [0.25, 0.3) is 0 Å². The largest absolute Gasteiger partial charge is 0.493 e. The molecule has 23 heavy (non-hydrogen) atoms. The molecule has 0 aliphatic rings. The first-order valence-electron chi connectivity index (χ1n) is 6.72. The average molecular weight is 346 g/mol. The van der Waals surface area contributed by atoms with Crippen molar-refractivity contribution in [2.45, 2.75) is 32.4 Å². The monoisotopic (exact) mass is 345 g/mol. The summed E-state index contributed by atoms with van der Waals surface area (Å²) in [4.78, 5) is 23.5. The predicted molar refractivity (Wildman–Crippen MR) is 84.3 cm³/mol. The highest BCUT2D eigenvalue weighted by molar-refractivity contribution is 6.30. The number of amides is 1. The molecule has 1 atom stereocenters. The van der Waals surface area contributed by atoms with Crippen LogP contribution >= 0.6 is 11.6 Å². The number of benzene rings is 1. The Morgan fingerprint density at radius 2 is 1.83 bits per heavy atom. The van der Waals surface area contributed by atoms with Crippen molar-refractivity contribution in [3.8, 4) is 11.5 Å². The lowest BCUT2D eigenvalue weighted by Gasteiger charge is -2.23. The van der Waals surface area contributed by atoms with Gasteiger partial charge in [-0.05, 0) is 26.8 Å². The van der Waals surface area contributed by atoms with Crippen LogP contribution in [0.3, 0.4) is 0 Å². The van der Waals surface area contributed by atoms with E-state index in [0.29, 0.717) is 0 Å². The molecule has 7 nitrogen and oxygen atoms in total. The van der Waals surface area contributed by atoms with E-state index < -0.39 is 23.7 Å². The van der Waals surface area contributed by atoms with E-state index in [1.54, 1.807) is 20.8 Å². The van der Waals surface area contributed by atoms with E-state index in [1.165, 1.54) is 26.4 Å². The zero-order chi connectivity index (χ0) is 17.8. The Morgan fingerprint density at radius 3 is 2.26 bits per heavy atom. The first-order valence-corrected chi connectivity index (χ1v) is 7.10. The van der Waals surface area contributed by atoms with Gasteiger partial charge in [-0.2, -0.15) is 0 Å². The summed E-state index contributed by atoms with van der Waals surface area (Å²) in [6.45, 7) is 5.02. The lowest BCUT2D eigenvalue weighted by molar-refractivity contribution is -0.139. The van der Waals surface area contributed by atoms with Crippen LogP contribution in [0.1, 0.15) is 32.4 Å². The van der Waals surface area contributed by atoms with Gasteiger partial charge in [-0.1, -0.05) is 11.6 Å². The number of ether oxygens (including phenoxy) is 3. The van der Waals surface area contributed by atoms with E-state index in [4.69, 9.17) is 25.8 Å². The molecule has 0 aliphatic heterocycles. The number of carboxylic acid groups (broad SMARTS) is 1. The fraction of sp³-hybridized carbons (Fsp3) is 0.467. The second kappa shape index (κ2) is 7.41. The summed E-state index contributed by atoms with van der Waals surface area (Å²) in [6.07, 6.45) is -0.870. The van der Waals surface area contributed by atoms with Crippen molar-refractivity contribution in [3.05, 3.63) is 22.7 Å². The maximum Gasteiger partial charge on any atom is 0.408 e. The number of hydrogen-bond acceptors (Lipinski definition) is 5. The highest BCUT2D eigenvalue weighted by atomic mass is 35.5. The molecule has 0 aromatic heterocycles. The van der Waals surface area contributed by atoms with Gasteiger partial charge in [0.15, 0.2) is 17.5 Å². The second-order valence-corrected chi connectivity index (χ2v) is 6.08. The molecular weight excluding hydrogens is 326 g/mol. The lowest BCUT2D eigenvalue weighted by Crippen LogP contribution is -2.38. The van der Waals surface area contributed by atoms with Crippen LogP contribution in [-0.2, 0) is 9.53 Å². The van der Waals surface area contributed by atoms with Gasteiger partial charge in [0.25, 0.3) is 0 Å². The number of halogens is 1. The van der Waals surface area contributed by atoms with Gasteiger partial charge in [-0.15, -0.1) is 0 Å². The molecule has 1 aromatic carbocycles. The van der Waals surface area contributed by atoms with E-state index >= 15 is 0 Å². The average Bonchev–Trinajstić information content (AvgIpc) is 2.41. The number of carbonyl (C=O) groups excluding carboxylic acids is 1. The first kappa shape index (κ1) is 18.9. The number of rotatable bonds is 5. The highest BCUT2D eigenvalue weighted by Crippen LogP contribution is 2.38. The topological polar surface area (TPSA) is 94.1 Å². The lowest BCUT2D eigenvalue weighted by atomic mass is 10.1. The molecule has 0 spiro atoms. The Hall–Kier alpha value is -2.15. The van der Waals surface area contributed by atoms with Gasteiger partial charge in [-0.3, -0.25) is 0 Å². The molecule has 1 rings (SSSR count). The minimum Gasteiger partial charge on any atom is -0.493 e. The molecule has 2 N–H and O–H groups in total. The number of methoxy groups -OCH3 is 2. The predicted octanol–water partition coefficient (Wildman–Crippen LogP) is 3.01. The van der Waals surface area contributed by atoms with Crippen LogP contribution in [0.2, 0.25) is 5.02 Å². The summed E-state index contributed by atoms with van der Waals surface area (Å²) in [5.74, 6) is -0.869. The van der Waals surface area contributed by atoms with Crippen LogP contribution in [0, 0.1) is 0 Å². The third-order valence-corrected chi connectivity index (χ3v) is 2.91. The Labute approximate surface area is 139 Å². The smallest absolute Gasteiger partial charge is 0.408 e. The number of alkyl carbamates (subject to hydrolysis) is 1. The van der Waals surface area contributed by atoms with Crippen molar-refractivity contribution in [2.75, 3.05) is 14.2 Å². The van der Waals surface area contributed by atoms with Gasteiger partial charge in [0.1, 0.15) is 5.60 Å². The summed E-state index contributed by atoms with van der Waals surface area (Å²) < 4.78 is 15.4. The minimum atomic E-state index is -1.41. The number of carbonyl (C=O) groups is 2. The molecule has 1 amide bonds. The first-order chi connectivity index (χ1) is 10.6. The fourth-order valence-corrected chi connectivity index (χ4v) is 2.09. The van der Waals surface area contributed by atoms with Crippen LogP contribution in [0.15, 0.2) is 12.1 Å². The van der Waals surface area contributed by atoms with Crippen molar-refractivity contribution >= 4 is 23.7 Å². The molecule has 0 aliphatic carbocycles. The van der Waals surface area contributed by atoms with Crippen molar-refractivity contribution in [1.29, 1.82) is 0 Å². The standard InChI is InChI=1S/C15H20ClNO6/c1-15(2,3)23-14(20)17-11(13(18)19)9-6-8(16)7-10(21-4)12(9)22-5/h6-7,11H,1-5H3,(H,17,20)(H,18,19)/t11-/m0/s1. The molecule has 1 aromatic rings. The molecule has 0 fully saturated rings. The van der Waals surface area contributed by atoms with Gasteiger partial charge < -0.3 is 24.6 Å². The van der Waals surface area contributed by atoms with Crippen molar-refractivity contribution in [3.63, 3.8) is 0 Å². The van der Waals surface area contributed by atoms with Crippen molar-refractivity contribution < 1.29 is 28.9 Å². The third-order valence-electron chi connectivity index (χ3n) is 2.69. The van der Waals surface area contributed by atoms with Gasteiger partial charge >= 0.3 is 12.1 Å². The third kappa shape index (κ3) is 5.21.